The van der Waals surface area contributed by atoms with E-state index in [1.165, 1.54) is 18.3 Å². The number of ether oxygens (including phenoxy) is 1. The smallest absolute Gasteiger partial charge is 0.274 e. The number of alkyl halides is 2. The fraction of sp³-hybridized carbons (Fsp3) is 0.316. The molecule has 1 saturated heterocycles. The first kappa shape index (κ1) is 20.7. The molecular formula is C19H18F3N5O2. The Morgan fingerprint density at radius 2 is 2.24 bits per heavy atom. The van der Waals surface area contributed by atoms with Crippen molar-refractivity contribution in [2.24, 2.45) is 5.73 Å². The summed E-state index contributed by atoms with van der Waals surface area (Å²) in [5.74, 6) is -1.51. The summed E-state index contributed by atoms with van der Waals surface area (Å²) in [4.78, 5) is 16.5. The zero-order chi connectivity index (χ0) is 21.2. The quantitative estimate of drug-likeness (QED) is 0.717. The van der Waals surface area contributed by atoms with Gasteiger partial charge in [0.15, 0.2) is 0 Å². The van der Waals surface area contributed by atoms with Crippen molar-refractivity contribution in [3.63, 3.8) is 0 Å². The van der Waals surface area contributed by atoms with Crippen molar-refractivity contribution in [1.29, 1.82) is 5.26 Å². The Labute approximate surface area is 164 Å². The predicted octanol–water partition coefficient (Wildman–Crippen LogP) is 2.02. The summed E-state index contributed by atoms with van der Waals surface area (Å²) in [6.07, 6.45) is -2.67. The van der Waals surface area contributed by atoms with Crippen LogP contribution in [-0.4, -0.2) is 36.7 Å². The third-order valence-electron chi connectivity index (χ3n) is 4.57. The molecule has 1 aliphatic heterocycles. The molecule has 0 bridgehead atoms. The van der Waals surface area contributed by atoms with Crippen molar-refractivity contribution in [3.8, 4) is 6.07 Å². The molecule has 152 valence electrons. The number of nitrogens with two attached hydrogens (primary N) is 1. The zero-order valence-corrected chi connectivity index (χ0v) is 15.4. The van der Waals surface area contributed by atoms with Gasteiger partial charge in [-0.3, -0.25) is 10.1 Å². The Morgan fingerprint density at radius 3 is 2.86 bits per heavy atom. The number of nitrogens with one attached hydrogen (secondary N) is 2. The fourth-order valence-corrected chi connectivity index (χ4v) is 3.17. The minimum Gasteiger partial charge on any atom is -0.376 e. The van der Waals surface area contributed by atoms with E-state index in [1.54, 1.807) is 6.92 Å². The predicted molar refractivity (Wildman–Crippen MR) is 97.7 cm³/mol. The molecule has 0 saturated carbocycles. The van der Waals surface area contributed by atoms with Gasteiger partial charge in [-0.2, -0.15) is 5.26 Å². The lowest BCUT2D eigenvalue weighted by Crippen LogP contribution is -2.63. The number of aromatic nitrogens is 1. The van der Waals surface area contributed by atoms with Crippen LogP contribution in [0.25, 0.3) is 0 Å². The molecule has 1 aliphatic rings. The van der Waals surface area contributed by atoms with E-state index < -0.39 is 36.5 Å². The maximum atomic E-state index is 14.5. The number of carbonyl (C=O) groups is 1. The minimum atomic E-state index is -3.02. The van der Waals surface area contributed by atoms with Gasteiger partial charge in [0.2, 0.25) is 0 Å². The summed E-state index contributed by atoms with van der Waals surface area (Å²) in [6.45, 7) is 1.13. The number of benzene rings is 1. The molecule has 1 fully saturated rings. The van der Waals surface area contributed by atoms with Crippen LogP contribution in [-0.2, 0) is 10.3 Å². The SMILES string of the molecule is Cc1cc(C#N)cnc1C(=O)Nc1ccc(F)c([C@]2(C(F)F)COCC(N)N2)c1. The summed E-state index contributed by atoms with van der Waals surface area (Å²) < 4.78 is 47.4. The lowest BCUT2D eigenvalue weighted by Gasteiger charge is -2.40. The Hall–Kier alpha value is -3.00. The average Bonchev–Trinajstić information content (AvgIpc) is 2.68. The first-order valence-electron chi connectivity index (χ1n) is 8.64. The highest BCUT2D eigenvalue weighted by Crippen LogP contribution is 2.34. The first-order valence-corrected chi connectivity index (χ1v) is 8.64. The van der Waals surface area contributed by atoms with Crippen molar-refractivity contribution < 1.29 is 22.7 Å². The number of hydrogen-bond donors (Lipinski definition) is 3. The standard InChI is InChI=1S/C19H18F3N5O2/c1-10-4-11(6-23)7-25-16(10)17(28)26-12-2-3-14(20)13(5-12)19(18(21)22)9-29-8-15(24)27-19/h2-5,7,15,18,27H,8-9,24H2,1H3,(H,26,28)/t15?,19-/m0/s1. The van der Waals surface area contributed by atoms with E-state index in [0.717, 1.165) is 12.1 Å². The Bertz CT molecular complexity index is 979. The van der Waals surface area contributed by atoms with E-state index in [2.05, 4.69) is 15.6 Å². The summed E-state index contributed by atoms with van der Waals surface area (Å²) in [5.41, 5.74) is 4.06. The molecule has 1 aromatic heterocycles. The molecule has 3 rings (SSSR count). The van der Waals surface area contributed by atoms with Crippen LogP contribution >= 0.6 is 0 Å². The van der Waals surface area contributed by atoms with Crippen molar-refractivity contribution in [1.82, 2.24) is 10.3 Å². The molecule has 0 radical (unpaired) electrons. The molecule has 7 nitrogen and oxygen atoms in total. The van der Waals surface area contributed by atoms with Gasteiger partial charge in [-0.1, -0.05) is 0 Å². The van der Waals surface area contributed by atoms with Crippen molar-refractivity contribution >= 4 is 11.6 Å². The van der Waals surface area contributed by atoms with E-state index in [9.17, 15) is 18.0 Å². The second-order valence-electron chi connectivity index (χ2n) is 6.69. The molecule has 1 unspecified atom stereocenters. The summed E-state index contributed by atoms with van der Waals surface area (Å²) in [5, 5.41) is 13.9. The number of aryl methyl sites for hydroxylation is 1. The molecule has 2 atom stereocenters. The van der Waals surface area contributed by atoms with Gasteiger partial charge in [-0.15, -0.1) is 0 Å². The monoisotopic (exact) mass is 405 g/mol. The highest BCUT2D eigenvalue weighted by molar-refractivity contribution is 6.03. The number of carbonyl (C=O) groups excluding carboxylic acids is 1. The van der Waals surface area contributed by atoms with E-state index in [-0.39, 0.29) is 23.6 Å². The van der Waals surface area contributed by atoms with E-state index in [0.29, 0.717) is 11.1 Å². The molecule has 0 spiro atoms. The molecule has 1 amide bonds. The average molecular weight is 405 g/mol. The second-order valence-corrected chi connectivity index (χ2v) is 6.69. The van der Waals surface area contributed by atoms with Gasteiger partial charge in [0.05, 0.1) is 24.9 Å². The molecule has 2 heterocycles. The Morgan fingerprint density at radius 1 is 1.48 bits per heavy atom. The van der Waals surface area contributed by atoms with Crippen molar-refractivity contribution in [2.45, 2.75) is 25.1 Å². The molecule has 29 heavy (non-hydrogen) atoms. The summed E-state index contributed by atoms with van der Waals surface area (Å²) >= 11 is 0. The first-order chi connectivity index (χ1) is 13.8. The zero-order valence-electron chi connectivity index (χ0n) is 15.4. The summed E-state index contributed by atoms with van der Waals surface area (Å²) in [6, 6.07) is 6.76. The number of nitrogens with zero attached hydrogens (tertiary/aromatic N) is 2. The third kappa shape index (κ3) is 4.07. The van der Waals surface area contributed by atoms with Crippen LogP contribution in [0, 0.1) is 24.1 Å². The largest absolute Gasteiger partial charge is 0.376 e. The van der Waals surface area contributed by atoms with Crippen LogP contribution in [0.1, 0.15) is 27.2 Å². The van der Waals surface area contributed by atoms with Crippen LogP contribution in [0.2, 0.25) is 0 Å². The van der Waals surface area contributed by atoms with Crippen LogP contribution in [0.5, 0.6) is 0 Å². The Balaban J connectivity index is 1.93. The van der Waals surface area contributed by atoms with E-state index in [1.807, 2.05) is 6.07 Å². The minimum absolute atomic E-state index is 0.0101. The lowest BCUT2D eigenvalue weighted by molar-refractivity contribution is -0.0807. The van der Waals surface area contributed by atoms with Gasteiger partial charge < -0.3 is 15.8 Å². The molecule has 2 aromatic rings. The lowest BCUT2D eigenvalue weighted by atomic mass is 9.88. The number of rotatable bonds is 4. The topological polar surface area (TPSA) is 113 Å². The van der Waals surface area contributed by atoms with Gasteiger partial charge >= 0.3 is 0 Å². The van der Waals surface area contributed by atoms with Gasteiger partial charge in [0, 0.05) is 17.4 Å². The van der Waals surface area contributed by atoms with Crippen molar-refractivity contribution in [2.75, 3.05) is 18.5 Å². The Kier molecular flexibility index (Phi) is 5.83. The molecular weight excluding hydrogens is 387 g/mol. The molecule has 0 aliphatic carbocycles. The van der Waals surface area contributed by atoms with Crippen LogP contribution in [0.4, 0.5) is 18.9 Å². The number of nitriles is 1. The molecule has 4 N–H and O–H groups in total. The van der Waals surface area contributed by atoms with Crippen LogP contribution in [0.15, 0.2) is 30.5 Å². The highest BCUT2D eigenvalue weighted by atomic mass is 19.3. The third-order valence-corrected chi connectivity index (χ3v) is 4.57. The number of anilines is 1. The highest BCUT2D eigenvalue weighted by Gasteiger charge is 2.47. The number of halogens is 3. The second kappa shape index (κ2) is 8.16. The van der Waals surface area contributed by atoms with Gasteiger partial charge in [0.25, 0.3) is 12.3 Å². The fourth-order valence-electron chi connectivity index (χ4n) is 3.17. The number of pyridine rings is 1. The van der Waals surface area contributed by atoms with Crippen molar-refractivity contribution in [3.05, 3.63) is 58.7 Å². The maximum absolute atomic E-state index is 14.5. The van der Waals surface area contributed by atoms with E-state index in [4.69, 9.17) is 15.7 Å². The van der Waals surface area contributed by atoms with Crippen LogP contribution in [0.3, 0.4) is 0 Å². The number of hydrogen-bond acceptors (Lipinski definition) is 6. The maximum Gasteiger partial charge on any atom is 0.274 e. The van der Waals surface area contributed by atoms with Gasteiger partial charge in [-0.05, 0) is 36.8 Å². The van der Waals surface area contributed by atoms with Gasteiger partial charge in [-0.25, -0.2) is 18.2 Å². The van der Waals surface area contributed by atoms with Crippen LogP contribution < -0.4 is 16.4 Å². The van der Waals surface area contributed by atoms with E-state index >= 15 is 0 Å². The van der Waals surface area contributed by atoms with Gasteiger partial charge in [0.1, 0.15) is 23.1 Å². The molecule has 1 aromatic carbocycles. The molecule has 10 heteroatoms. The number of morpholine rings is 1. The normalized spacial score (nSPS) is 21.6. The summed E-state index contributed by atoms with van der Waals surface area (Å²) in [7, 11) is 0. The number of amides is 1.